The lowest BCUT2D eigenvalue weighted by Gasteiger charge is -2.19. The standard InChI is InChI=1S/C13H10O3/c14-13(15)10-6-3-5-9-8-4-1-2-7-11(8)16-12(9)10/h1-7,9,12H,(H,14,15). The van der Waals surface area contributed by atoms with Crippen LogP contribution in [0.1, 0.15) is 11.5 Å². The quantitative estimate of drug-likeness (QED) is 0.778. The fourth-order valence-corrected chi connectivity index (χ4v) is 2.26. The number of benzene rings is 1. The molecule has 1 aromatic rings. The second-order valence-electron chi connectivity index (χ2n) is 3.91. The number of aliphatic carboxylic acids is 1. The highest BCUT2D eigenvalue weighted by molar-refractivity contribution is 5.89. The average Bonchev–Trinajstić information content (AvgIpc) is 2.67. The second-order valence-corrected chi connectivity index (χ2v) is 3.91. The third-order valence-corrected chi connectivity index (χ3v) is 3.01. The Morgan fingerprint density at radius 1 is 1.31 bits per heavy atom. The van der Waals surface area contributed by atoms with Crippen molar-refractivity contribution in [3.63, 3.8) is 0 Å². The summed E-state index contributed by atoms with van der Waals surface area (Å²) in [7, 11) is 0. The van der Waals surface area contributed by atoms with E-state index in [0.717, 1.165) is 11.3 Å². The number of carbonyl (C=O) groups is 1. The van der Waals surface area contributed by atoms with Crippen LogP contribution in [0.5, 0.6) is 5.75 Å². The summed E-state index contributed by atoms with van der Waals surface area (Å²) in [5.74, 6) is -0.0874. The minimum atomic E-state index is -0.910. The highest BCUT2D eigenvalue weighted by Crippen LogP contribution is 2.43. The van der Waals surface area contributed by atoms with E-state index in [9.17, 15) is 4.79 Å². The SMILES string of the molecule is O=C(O)C1=CC=CC2c3ccccc3OC12. The Bertz CT molecular complexity index is 514. The molecule has 0 aromatic heterocycles. The van der Waals surface area contributed by atoms with Crippen molar-refractivity contribution >= 4 is 5.97 Å². The first-order chi connectivity index (χ1) is 7.77. The van der Waals surface area contributed by atoms with Gasteiger partial charge in [-0.2, -0.15) is 0 Å². The van der Waals surface area contributed by atoms with Crippen LogP contribution < -0.4 is 4.74 Å². The average molecular weight is 214 g/mol. The third-order valence-electron chi connectivity index (χ3n) is 3.01. The van der Waals surface area contributed by atoms with E-state index >= 15 is 0 Å². The molecule has 0 radical (unpaired) electrons. The fraction of sp³-hybridized carbons (Fsp3) is 0.154. The van der Waals surface area contributed by atoms with Crippen LogP contribution in [-0.2, 0) is 4.79 Å². The van der Waals surface area contributed by atoms with Gasteiger partial charge in [0, 0.05) is 11.5 Å². The largest absolute Gasteiger partial charge is 0.484 e. The van der Waals surface area contributed by atoms with Crippen LogP contribution in [0.15, 0.2) is 48.1 Å². The van der Waals surface area contributed by atoms with Crippen molar-refractivity contribution in [2.75, 3.05) is 0 Å². The molecule has 1 N–H and O–H groups in total. The summed E-state index contributed by atoms with van der Waals surface area (Å²) < 4.78 is 5.68. The number of hydrogen-bond acceptors (Lipinski definition) is 2. The second kappa shape index (κ2) is 3.23. The van der Waals surface area contributed by atoms with Gasteiger partial charge in [0.05, 0.1) is 5.57 Å². The van der Waals surface area contributed by atoms with Gasteiger partial charge in [-0.25, -0.2) is 4.79 Å². The predicted molar refractivity (Wildman–Crippen MR) is 58.5 cm³/mol. The van der Waals surface area contributed by atoms with Gasteiger partial charge < -0.3 is 9.84 Å². The summed E-state index contributed by atoms with van der Waals surface area (Å²) in [6.07, 6.45) is 5.01. The first-order valence-corrected chi connectivity index (χ1v) is 5.14. The Morgan fingerprint density at radius 2 is 2.12 bits per heavy atom. The summed E-state index contributed by atoms with van der Waals surface area (Å²) in [4.78, 5) is 11.1. The van der Waals surface area contributed by atoms with Crippen molar-refractivity contribution in [2.24, 2.45) is 0 Å². The Morgan fingerprint density at radius 3 is 2.94 bits per heavy atom. The van der Waals surface area contributed by atoms with Gasteiger partial charge in [-0.05, 0) is 12.1 Å². The van der Waals surface area contributed by atoms with Gasteiger partial charge in [-0.15, -0.1) is 0 Å². The van der Waals surface area contributed by atoms with Gasteiger partial charge in [-0.1, -0.05) is 30.4 Å². The number of ether oxygens (including phenoxy) is 1. The molecule has 2 unspecified atom stereocenters. The van der Waals surface area contributed by atoms with Gasteiger partial charge in [0.2, 0.25) is 0 Å². The zero-order chi connectivity index (χ0) is 11.1. The molecule has 80 valence electrons. The molecule has 3 rings (SSSR count). The van der Waals surface area contributed by atoms with Crippen LogP contribution in [0.2, 0.25) is 0 Å². The van der Waals surface area contributed by atoms with Crippen LogP contribution in [0.25, 0.3) is 0 Å². The zero-order valence-electron chi connectivity index (χ0n) is 8.46. The van der Waals surface area contributed by atoms with Crippen LogP contribution in [-0.4, -0.2) is 17.2 Å². The van der Waals surface area contributed by atoms with Crippen molar-refractivity contribution in [3.8, 4) is 5.75 Å². The number of rotatable bonds is 1. The third kappa shape index (κ3) is 1.18. The first kappa shape index (κ1) is 9.21. The Hall–Kier alpha value is -2.03. The highest BCUT2D eigenvalue weighted by atomic mass is 16.5. The van der Waals surface area contributed by atoms with Crippen molar-refractivity contribution in [1.82, 2.24) is 0 Å². The lowest BCUT2D eigenvalue weighted by atomic mass is 9.87. The topological polar surface area (TPSA) is 46.5 Å². The molecule has 0 bridgehead atoms. The lowest BCUT2D eigenvalue weighted by Crippen LogP contribution is -2.26. The highest BCUT2D eigenvalue weighted by Gasteiger charge is 2.38. The number of fused-ring (bicyclic) bond motifs is 3. The number of hydrogen-bond donors (Lipinski definition) is 1. The first-order valence-electron chi connectivity index (χ1n) is 5.14. The van der Waals surface area contributed by atoms with E-state index in [0.29, 0.717) is 5.57 Å². The molecule has 0 saturated carbocycles. The van der Waals surface area contributed by atoms with E-state index in [1.54, 1.807) is 12.2 Å². The zero-order valence-corrected chi connectivity index (χ0v) is 8.46. The maximum atomic E-state index is 11.1. The van der Waals surface area contributed by atoms with E-state index in [4.69, 9.17) is 9.84 Å². The number of carboxylic acid groups (broad SMARTS) is 1. The van der Waals surface area contributed by atoms with Crippen LogP contribution >= 0.6 is 0 Å². The molecule has 0 fully saturated rings. The number of carboxylic acids is 1. The maximum Gasteiger partial charge on any atom is 0.335 e. The molecule has 1 aromatic carbocycles. The van der Waals surface area contributed by atoms with Gasteiger partial charge in [0.1, 0.15) is 11.9 Å². The monoisotopic (exact) mass is 214 g/mol. The minimum absolute atomic E-state index is 0.0345. The summed E-state index contributed by atoms with van der Waals surface area (Å²) in [5, 5.41) is 9.08. The number of para-hydroxylation sites is 1. The lowest BCUT2D eigenvalue weighted by molar-refractivity contribution is -0.133. The molecule has 2 atom stereocenters. The normalized spacial score (nSPS) is 25.4. The summed E-state index contributed by atoms with van der Waals surface area (Å²) in [5.41, 5.74) is 1.39. The molecule has 3 heteroatoms. The van der Waals surface area contributed by atoms with E-state index in [-0.39, 0.29) is 12.0 Å². The van der Waals surface area contributed by atoms with E-state index in [1.807, 2.05) is 30.3 Å². The van der Waals surface area contributed by atoms with E-state index in [1.165, 1.54) is 0 Å². The molecular formula is C13H10O3. The Kier molecular flexibility index (Phi) is 1.86. The summed E-state index contributed by atoms with van der Waals surface area (Å²) in [6.45, 7) is 0. The number of allylic oxidation sites excluding steroid dienone is 2. The van der Waals surface area contributed by atoms with Crippen molar-refractivity contribution in [2.45, 2.75) is 12.0 Å². The molecule has 16 heavy (non-hydrogen) atoms. The molecule has 2 aliphatic rings. The predicted octanol–water partition coefficient (Wildman–Crippen LogP) is 2.11. The fourth-order valence-electron chi connectivity index (χ4n) is 2.26. The summed E-state index contributed by atoms with van der Waals surface area (Å²) >= 11 is 0. The Balaban J connectivity index is 2.06. The smallest absolute Gasteiger partial charge is 0.335 e. The van der Waals surface area contributed by atoms with E-state index in [2.05, 4.69) is 0 Å². The maximum absolute atomic E-state index is 11.1. The van der Waals surface area contributed by atoms with Gasteiger partial charge >= 0.3 is 5.97 Å². The molecular weight excluding hydrogens is 204 g/mol. The summed E-state index contributed by atoms with van der Waals surface area (Å²) in [6, 6.07) is 7.69. The van der Waals surface area contributed by atoms with Gasteiger partial charge in [0.25, 0.3) is 0 Å². The minimum Gasteiger partial charge on any atom is -0.484 e. The van der Waals surface area contributed by atoms with E-state index < -0.39 is 5.97 Å². The van der Waals surface area contributed by atoms with Crippen LogP contribution in [0.3, 0.4) is 0 Å². The van der Waals surface area contributed by atoms with Crippen LogP contribution in [0.4, 0.5) is 0 Å². The molecule has 3 nitrogen and oxygen atoms in total. The van der Waals surface area contributed by atoms with Crippen molar-refractivity contribution < 1.29 is 14.6 Å². The van der Waals surface area contributed by atoms with Crippen LogP contribution in [0, 0.1) is 0 Å². The molecule has 0 amide bonds. The van der Waals surface area contributed by atoms with Crippen molar-refractivity contribution in [3.05, 3.63) is 53.6 Å². The molecule has 0 spiro atoms. The molecule has 1 aliphatic carbocycles. The Labute approximate surface area is 92.7 Å². The molecule has 1 aliphatic heterocycles. The van der Waals surface area contributed by atoms with Gasteiger partial charge in [0.15, 0.2) is 0 Å². The van der Waals surface area contributed by atoms with Crippen molar-refractivity contribution in [1.29, 1.82) is 0 Å². The molecule has 1 heterocycles. The molecule has 0 saturated heterocycles. The van der Waals surface area contributed by atoms with Gasteiger partial charge in [-0.3, -0.25) is 0 Å².